The van der Waals surface area contributed by atoms with E-state index in [1.54, 1.807) is 0 Å². The highest BCUT2D eigenvalue weighted by Gasteiger charge is 2.48. The number of hydrogen-bond donors (Lipinski definition) is 0. The third-order valence-corrected chi connectivity index (χ3v) is 11.3. The summed E-state index contributed by atoms with van der Waals surface area (Å²) < 4.78 is 6.57. The van der Waals surface area contributed by atoms with E-state index >= 15 is 0 Å². The van der Waals surface area contributed by atoms with Gasteiger partial charge in [0.1, 0.15) is 5.78 Å². The van der Waals surface area contributed by atoms with Crippen LogP contribution in [0.1, 0.15) is 54.4 Å². The standard InChI is InChI=1S/C20H36O2Si/c1-14(2)17(13-22-23(7,8)19(3,4)5)16-12-20(6)10-9-15(16)11-18(20)21/h9-10,14-17H,11-13H2,1-8H3/t15-,16-,17-,20-/m1/s1. The van der Waals surface area contributed by atoms with Crippen LogP contribution >= 0.6 is 0 Å². The van der Waals surface area contributed by atoms with Crippen molar-refractivity contribution in [2.45, 2.75) is 72.5 Å². The van der Waals surface area contributed by atoms with Crippen molar-refractivity contribution in [3.63, 3.8) is 0 Å². The number of Topliss-reactive ketones (excluding diaryl/α,β-unsaturated/α-hetero) is 1. The normalized spacial score (nSPS) is 32.7. The summed E-state index contributed by atoms with van der Waals surface area (Å²) in [5.74, 6) is 2.60. The number of fused-ring (bicyclic) bond motifs is 2. The molecule has 0 radical (unpaired) electrons. The molecule has 3 rings (SSSR count). The van der Waals surface area contributed by atoms with E-state index < -0.39 is 8.32 Å². The van der Waals surface area contributed by atoms with Crippen molar-refractivity contribution in [3.8, 4) is 0 Å². The fraction of sp³-hybridized carbons (Fsp3) is 0.850. The second-order valence-corrected chi connectivity index (χ2v) is 14.7. The summed E-state index contributed by atoms with van der Waals surface area (Å²) in [7, 11) is -1.72. The molecule has 0 aliphatic heterocycles. The van der Waals surface area contributed by atoms with Gasteiger partial charge < -0.3 is 4.43 Å². The van der Waals surface area contributed by atoms with Gasteiger partial charge in [-0.05, 0) is 55.1 Å². The monoisotopic (exact) mass is 336 g/mol. The van der Waals surface area contributed by atoms with Gasteiger partial charge in [0.15, 0.2) is 8.32 Å². The van der Waals surface area contributed by atoms with Crippen molar-refractivity contribution in [1.29, 1.82) is 0 Å². The van der Waals surface area contributed by atoms with E-state index in [0.29, 0.717) is 29.5 Å². The van der Waals surface area contributed by atoms with E-state index in [1.165, 1.54) is 0 Å². The van der Waals surface area contributed by atoms with Gasteiger partial charge in [0.05, 0.1) is 0 Å². The molecule has 0 aromatic heterocycles. The number of carbonyl (C=O) groups is 1. The molecule has 2 bridgehead atoms. The van der Waals surface area contributed by atoms with Gasteiger partial charge in [0.2, 0.25) is 0 Å². The Morgan fingerprint density at radius 1 is 1.35 bits per heavy atom. The lowest BCUT2D eigenvalue weighted by molar-refractivity contribution is -0.133. The van der Waals surface area contributed by atoms with Crippen LogP contribution < -0.4 is 0 Å². The van der Waals surface area contributed by atoms with Crippen LogP contribution in [0, 0.1) is 29.1 Å². The zero-order valence-corrected chi connectivity index (χ0v) is 17.4. The molecule has 0 N–H and O–H groups in total. The molecule has 1 fully saturated rings. The fourth-order valence-electron chi connectivity index (χ4n) is 3.86. The average molecular weight is 337 g/mol. The van der Waals surface area contributed by atoms with Gasteiger partial charge in [0.25, 0.3) is 0 Å². The Labute approximate surface area is 144 Å². The molecule has 2 nitrogen and oxygen atoms in total. The molecule has 3 aliphatic carbocycles. The highest BCUT2D eigenvalue weighted by Crippen LogP contribution is 2.50. The molecule has 0 unspecified atom stereocenters. The van der Waals surface area contributed by atoms with Crippen LogP contribution in [-0.4, -0.2) is 20.7 Å². The summed E-state index contributed by atoms with van der Waals surface area (Å²) in [6.07, 6.45) is 6.24. The first-order chi connectivity index (χ1) is 10.4. The van der Waals surface area contributed by atoms with Gasteiger partial charge in [-0.25, -0.2) is 0 Å². The quantitative estimate of drug-likeness (QED) is 0.493. The van der Waals surface area contributed by atoms with Gasteiger partial charge in [0, 0.05) is 18.4 Å². The molecule has 23 heavy (non-hydrogen) atoms. The average Bonchev–Trinajstić information content (AvgIpc) is 2.39. The summed E-state index contributed by atoms with van der Waals surface area (Å²) in [6.45, 7) is 19.2. The van der Waals surface area contributed by atoms with Gasteiger partial charge in [-0.3, -0.25) is 4.79 Å². The van der Waals surface area contributed by atoms with Crippen LogP contribution in [0.25, 0.3) is 0 Å². The molecule has 0 heterocycles. The summed E-state index contributed by atoms with van der Waals surface area (Å²) in [5.41, 5.74) is -0.219. The maximum atomic E-state index is 12.3. The van der Waals surface area contributed by atoms with Crippen LogP contribution in [0.5, 0.6) is 0 Å². The van der Waals surface area contributed by atoms with Gasteiger partial charge in [-0.2, -0.15) is 0 Å². The second-order valence-electron chi connectivity index (χ2n) is 9.91. The van der Waals surface area contributed by atoms with Gasteiger partial charge in [-0.1, -0.05) is 46.8 Å². The minimum atomic E-state index is -1.72. The number of allylic oxidation sites excluding steroid dienone is 2. The van der Waals surface area contributed by atoms with Crippen molar-refractivity contribution in [2.75, 3.05) is 6.61 Å². The lowest BCUT2D eigenvalue weighted by Crippen LogP contribution is -2.48. The lowest BCUT2D eigenvalue weighted by Gasteiger charge is -2.48. The smallest absolute Gasteiger partial charge is 0.191 e. The van der Waals surface area contributed by atoms with Crippen molar-refractivity contribution in [1.82, 2.24) is 0 Å². The topological polar surface area (TPSA) is 26.3 Å². The van der Waals surface area contributed by atoms with E-state index in [9.17, 15) is 4.79 Å². The Morgan fingerprint density at radius 2 is 1.96 bits per heavy atom. The first kappa shape index (κ1) is 18.9. The maximum absolute atomic E-state index is 12.3. The van der Waals surface area contributed by atoms with Crippen molar-refractivity contribution < 1.29 is 9.22 Å². The zero-order chi connectivity index (χ0) is 17.6. The van der Waals surface area contributed by atoms with Crippen LogP contribution in [-0.2, 0) is 9.22 Å². The SMILES string of the molecule is CC(C)[C@@H](CO[Si](C)(C)C(C)(C)C)[C@@H]1C[C@@]2(C)C=C[C@@H]1CC2=O. The Morgan fingerprint density at radius 3 is 2.39 bits per heavy atom. The Balaban J connectivity index is 2.12. The molecule has 132 valence electrons. The molecule has 0 spiro atoms. The van der Waals surface area contributed by atoms with E-state index in [0.717, 1.165) is 19.4 Å². The van der Waals surface area contributed by atoms with E-state index in [1.807, 2.05) is 0 Å². The predicted molar refractivity (Wildman–Crippen MR) is 99.9 cm³/mol. The number of carbonyl (C=O) groups excluding carboxylic acids is 1. The third-order valence-electron chi connectivity index (χ3n) is 6.83. The maximum Gasteiger partial charge on any atom is 0.191 e. The highest BCUT2D eigenvalue weighted by atomic mass is 28.4. The van der Waals surface area contributed by atoms with Crippen LogP contribution in [0.3, 0.4) is 0 Å². The number of rotatable bonds is 5. The molecule has 3 aliphatic rings. The Bertz CT molecular complexity index is 486. The number of hydrogen-bond acceptors (Lipinski definition) is 2. The highest BCUT2D eigenvalue weighted by molar-refractivity contribution is 6.74. The van der Waals surface area contributed by atoms with Crippen molar-refractivity contribution in [3.05, 3.63) is 12.2 Å². The molecule has 1 saturated carbocycles. The lowest BCUT2D eigenvalue weighted by atomic mass is 9.56. The molecular formula is C20H36O2Si. The van der Waals surface area contributed by atoms with Crippen molar-refractivity contribution >= 4 is 14.1 Å². The molecule has 0 amide bonds. The molecule has 4 atom stereocenters. The first-order valence-corrected chi connectivity index (χ1v) is 12.1. The van der Waals surface area contributed by atoms with E-state index in [2.05, 4.69) is 66.8 Å². The minimum Gasteiger partial charge on any atom is -0.417 e. The molecule has 0 saturated heterocycles. The molecule has 0 aromatic carbocycles. The van der Waals surface area contributed by atoms with Crippen LogP contribution in [0.2, 0.25) is 18.1 Å². The molecular weight excluding hydrogens is 300 g/mol. The van der Waals surface area contributed by atoms with E-state index in [-0.39, 0.29) is 10.5 Å². The predicted octanol–water partition coefficient (Wildman–Crippen LogP) is 5.45. The van der Waals surface area contributed by atoms with Crippen LogP contribution in [0.4, 0.5) is 0 Å². The van der Waals surface area contributed by atoms with E-state index in [4.69, 9.17) is 4.43 Å². The van der Waals surface area contributed by atoms with Gasteiger partial charge in [-0.15, -0.1) is 0 Å². The molecule has 3 heteroatoms. The second kappa shape index (κ2) is 6.14. The summed E-state index contributed by atoms with van der Waals surface area (Å²) in [5, 5.41) is 0.252. The van der Waals surface area contributed by atoms with Crippen molar-refractivity contribution in [2.24, 2.45) is 29.1 Å². The summed E-state index contributed by atoms with van der Waals surface area (Å²) in [4.78, 5) is 12.3. The van der Waals surface area contributed by atoms with Gasteiger partial charge >= 0.3 is 0 Å². The minimum absolute atomic E-state index is 0.219. The molecule has 0 aromatic rings. The van der Waals surface area contributed by atoms with Crippen LogP contribution in [0.15, 0.2) is 12.2 Å². The fourth-order valence-corrected chi connectivity index (χ4v) is 4.90. The summed E-state index contributed by atoms with van der Waals surface area (Å²) in [6, 6.07) is 0. The number of ketones is 1. The first-order valence-electron chi connectivity index (χ1n) is 9.24. The largest absolute Gasteiger partial charge is 0.417 e. The third kappa shape index (κ3) is 3.66. The zero-order valence-electron chi connectivity index (χ0n) is 16.4. The Kier molecular flexibility index (Phi) is 5.05. The Hall–Kier alpha value is -0.413. The summed E-state index contributed by atoms with van der Waals surface area (Å²) >= 11 is 0.